The number of primary amides is 1. The van der Waals surface area contributed by atoms with Crippen LogP contribution in [0, 0.1) is 5.82 Å². The van der Waals surface area contributed by atoms with E-state index in [0.717, 1.165) is 31.5 Å². The van der Waals surface area contributed by atoms with Gasteiger partial charge in [-0.3, -0.25) is 4.79 Å². The molecule has 1 aliphatic rings. The molecule has 2 heterocycles. The fourth-order valence-electron chi connectivity index (χ4n) is 2.92. The van der Waals surface area contributed by atoms with Crippen LogP contribution in [0.3, 0.4) is 0 Å². The van der Waals surface area contributed by atoms with Crippen LogP contribution in [0.1, 0.15) is 34.8 Å². The van der Waals surface area contributed by atoms with Crippen molar-refractivity contribution < 1.29 is 9.18 Å². The van der Waals surface area contributed by atoms with Crippen molar-refractivity contribution in [2.75, 3.05) is 20.1 Å². The number of hydrogen-bond donors (Lipinski definition) is 1. The van der Waals surface area contributed by atoms with Gasteiger partial charge in [-0.25, -0.2) is 14.4 Å². The van der Waals surface area contributed by atoms with Crippen molar-refractivity contribution in [3.63, 3.8) is 0 Å². The largest absolute Gasteiger partial charge is 0.365 e. The number of amides is 1. The summed E-state index contributed by atoms with van der Waals surface area (Å²) in [6.45, 7) is 1.91. The van der Waals surface area contributed by atoms with Crippen LogP contribution in [0.2, 0.25) is 0 Å². The van der Waals surface area contributed by atoms with Crippen molar-refractivity contribution in [1.82, 2.24) is 14.9 Å². The second-order valence-electron chi connectivity index (χ2n) is 5.94. The summed E-state index contributed by atoms with van der Waals surface area (Å²) in [7, 11) is 2.08. The summed E-state index contributed by atoms with van der Waals surface area (Å²) in [5, 5.41) is 0. The third-order valence-electron chi connectivity index (χ3n) is 4.29. The molecule has 1 saturated heterocycles. The number of halogens is 1. The van der Waals surface area contributed by atoms with Gasteiger partial charge in [0.05, 0.1) is 11.3 Å². The summed E-state index contributed by atoms with van der Waals surface area (Å²) in [6, 6.07) is 6.01. The van der Waals surface area contributed by atoms with Gasteiger partial charge in [0.2, 0.25) is 0 Å². The van der Waals surface area contributed by atoms with E-state index in [-0.39, 0.29) is 11.7 Å². The Hall–Kier alpha value is -2.34. The minimum atomic E-state index is -0.510. The van der Waals surface area contributed by atoms with Crippen LogP contribution in [0.4, 0.5) is 4.39 Å². The smallest absolute Gasteiger partial charge is 0.252 e. The molecule has 1 aromatic carbocycles. The van der Waals surface area contributed by atoms with E-state index in [2.05, 4.69) is 21.9 Å². The quantitative estimate of drug-likeness (QED) is 0.942. The van der Waals surface area contributed by atoms with Crippen molar-refractivity contribution in [2.45, 2.75) is 18.8 Å². The molecule has 0 atom stereocenters. The van der Waals surface area contributed by atoms with Crippen LogP contribution in [-0.4, -0.2) is 40.9 Å². The molecule has 0 saturated carbocycles. The summed E-state index contributed by atoms with van der Waals surface area (Å²) in [5.74, 6) is -0.137. The van der Waals surface area contributed by atoms with E-state index in [1.165, 1.54) is 18.3 Å². The summed E-state index contributed by atoms with van der Waals surface area (Å²) < 4.78 is 13.1. The zero-order valence-corrected chi connectivity index (χ0v) is 13.0. The summed E-state index contributed by atoms with van der Waals surface area (Å²) in [6.07, 6.45) is 3.34. The van der Waals surface area contributed by atoms with Gasteiger partial charge in [-0.15, -0.1) is 0 Å². The molecular formula is C17H19FN4O. The summed E-state index contributed by atoms with van der Waals surface area (Å²) in [4.78, 5) is 22.8. The van der Waals surface area contributed by atoms with Crippen LogP contribution in [0.5, 0.6) is 0 Å². The first kappa shape index (κ1) is 15.6. The van der Waals surface area contributed by atoms with Crippen LogP contribution >= 0.6 is 0 Å². The number of benzene rings is 1. The average molecular weight is 314 g/mol. The number of nitrogens with two attached hydrogens (primary N) is 1. The predicted octanol–water partition coefficient (Wildman–Crippen LogP) is 2.19. The Morgan fingerprint density at radius 2 is 1.91 bits per heavy atom. The van der Waals surface area contributed by atoms with Gasteiger partial charge in [0.15, 0.2) is 5.82 Å². The van der Waals surface area contributed by atoms with Gasteiger partial charge >= 0.3 is 0 Å². The second-order valence-corrected chi connectivity index (χ2v) is 5.94. The van der Waals surface area contributed by atoms with E-state index in [0.29, 0.717) is 17.1 Å². The predicted molar refractivity (Wildman–Crippen MR) is 85.4 cm³/mol. The monoisotopic (exact) mass is 314 g/mol. The topological polar surface area (TPSA) is 72.1 Å². The van der Waals surface area contributed by atoms with E-state index in [9.17, 15) is 9.18 Å². The molecule has 1 aromatic heterocycles. The molecule has 0 unspecified atom stereocenters. The number of carbonyl (C=O) groups excluding carboxylic acids is 1. The van der Waals surface area contributed by atoms with Crippen LogP contribution in [-0.2, 0) is 0 Å². The Labute approximate surface area is 134 Å². The highest BCUT2D eigenvalue weighted by Crippen LogP contribution is 2.29. The van der Waals surface area contributed by atoms with Gasteiger partial charge in [0, 0.05) is 17.7 Å². The molecule has 1 amide bonds. The molecule has 0 radical (unpaired) electrons. The fourth-order valence-corrected chi connectivity index (χ4v) is 2.92. The fraction of sp³-hybridized carbons (Fsp3) is 0.353. The maximum absolute atomic E-state index is 13.1. The maximum Gasteiger partial charge on any atom is 0.252 e. The lowest BCUT2D eigenvalue weighted by Crippen LogP contribution is -2.31. The van der Waals surface area contributed by atoms with Crippen molar-refractivity contribution in [3.8, 4) is 11.4 Å². The Bertz CT molecular complexity index is 709. The molecule has 120 valence electrons. The van der Waals surface area contributed by atoms with Crippen LogP contribution < -0.4 is 5.73 Å². The number of aromatic nitrogens is 2. The Morgan fingerprint density at radius 1 is 1.26 bits per heavy atom. The molecule has 23 heavy (non-hydrogen) atoms. The van der Waals surface area contributed by atoms with E-state index in [4.69, 9.17) is 5.73 Å². The first-order valence-corrected chi connectivity index (χ1v) is 7.66. The minimum absolute atomic E-state index is 0.191. The van der Waals surface area contributed by atoms with Crippen LogP contribution in [0.25, 0.3) is 11.4 Å². The third kappa shape index (κ3) is 3.37. The van der Waals surface area contributed by atoms with E-state index in [1.807, 2.05) is 0 Å². The number of hydrogen-bond acceptors (Lipinski definition) is 4. The van der Waals surface area contributed by atoms with Crippen molar-refractivity contribution in [1.29, 1.82) is 0 Å². The first-order valence-electron chi connectivity index (χ1n) is 7.66. The minimum Gasteiger partial charge on any atom is -0.365 e. The molecule has 2 N–H and O–H groups in total. The zero-order chi connectivity index (χ0) is 16.4. The molecule has 0 spiro atoms. The number of carbonyl (C=O) groups is 1. The Kier molecular flexibility index (Phi) is 4.34. The van der Waals surface area contributed by atoms with Crippen molar-refractivity contribution in [3.05, 3.63) is 47.5 Å². The van der Waals surface area contributed by atoms with Crippen molar-refractivity contribution >= 4 is 5.91 Å². The first-order chi connectivity index (χ1) is 11.0. The number of rotatable bonds is 3. The van der Waals surface area contributed by atoms with E-state index >= 15 is 0 Å². The highest BCUT2D eigenvalue weighted by atomic mass is 19.1. The van der Waals surface area contributed by atoms with Gasteiger partial charge < -0.3 is 10.6 Å². The zero-order valence-electron chi connectivity index (χ0n) is 13.0. The lowest BCUT2D eigenvalue weighted by atomic mass is 9.90. The van der Waals surface area contributed by atoms with Gasteiger partial charge in [-0.2, -0.15) is 0 Å². The molecule has 1 aliphatic heterocycles. The number of nitrogens with zero attached hydrogens (tertiary/aromatic N) is 3. The van der Waals surface area contributed by atoms with Gasteiger partial charge in [-0.05, 0) is 57.2 Å². The molecular weight excluding hydrogens is 295 g/mol. The standard InChI is InChI=1S/C17H19FN4O/c1-22-8-6-11(7-9-22)15-14(16(19)23)10-20-17(21-15)12-2-4-13(18)5-3-12/h2-5,10-11H,6-9H2,1H3,(H2,19,23). The Morgan fingerprint density at radius 3 is 2.52 bits per heavy atom. The highest BCUT2D eigenvalue weighted by molar-refractivity contribution is 5.94. The summed E-state index contributed by atoms with van der Waals surface area (Å²) >= 11 is 0. The lowest BCUT2D eigenvalue weighted by Gasteiger charge is -2.29. The SMILES string of the molecule is CN1CCC(c2nc(-c3ccc(F)cc3)ncc2C(N)=O)CC1. The molecule has 5 nitrogen and oxygen atoms in total. The molecule has 1 fully saturated rings. The molecule has 0 aliphatic carbocycles. The van der Waals surface area contributed by atoms with Crippen molar-refractivity contribution in [2.24, 2.45) is 5.73 Å². The molecule has 0 bridgehead atoms. The van der Waals surface area contributed by atoms with Crippen LogP contribution in [0.15, 0.2) is 30.5 Å². The normalized spacial score (nSPS) is 16.4. The molecule has 2 aromatic rings. The second kappa shape index (κ2) is 6.42. The maximum atomic E-state index is 13.1. The Balaban J connectivity index is 1.99. The van der Waals surface area contributed by atoms with E-state index in [1.54, 1.807) is 12.1 Å². The molecule has 6 heteroatoms. The van der Waals surface area contributed by atoms with Gasteiger partial charge in [-0.1, -0.05) is 0 Å². The number of likely N-dealkylation sites (tertiary alicyclic amines) is 1. The third-order valence-corrected chi connectivity index (χ3v) is 4.29. The average Bonchev–Trinajstić information content (AvgIpc) is 2.55. The van der Waals surface area contributed by atoms with E-state index < -0.39 is 5.91 Å². The van der Waals surface area contributed by atoms with Gasteiger partial charge in [0.25, 0.3) is 5.91 Å². The number of piperidine rings is 1. The summed E-state index contributed by atoms with van der Waals surface area (Å²) in [5.41, 5.74) is 7.29. The molecule has 3 rings (SSSR count). The van der Waals surface area contributed by atoms with Gasteiger partial charge in [0.1, 0.15) is 5.82 Å². The lowest BCUT2D eigenvalue weighted by molar-refractivity contribution is 0.0997. The highest BCUT2D eigenvalue weighted by Gasteiger charge is 2.25.